The van der Waals surface area contributed by atoms with E-state index in [1.165, 1.54) is 5.56 Å². The highest BCUT2D eigenvalue weighted by atomic mass is 16.5. The molecular weight excluding hydrogens is 258 g/mol. The number of carbonyl (C=O) groups is 2. The van der Waals surface area contributed by atoms with Crippen LogP contribution in [0.4, 0.5) is 0 Å². The van der Waals surface area contributed by atoms with Crippen molar-refractivity contribution in [1.29, 1.82) is 0 Å². The predicted octanol–water partition coefficient (Wildman–Crippen LogP) is 1.56. The number of aryl methyl sites for hydroxylation is 1. The Hall–Kier alpha value is -1.88. The average Bonchev–Trinajstić information content (AvgIpc) is 2.46. The molecule has 0 aliphatic carbocycles. The van der Waals surface area contributed by atoms with Crippen molar-refractivity contribution in [2.45, 2.75) is 25.8 Å². The summed E-state index contributed by atoms with van der Waals surface area (Å²) in [7, 11) is 0. The van der Waals surface area contributed by atoms with E-state index in [-0.39, 0.29) is 25.0 Å². The lowest BCUT2D eigenvalue weighted by Gasteiger charge is -2.34. The maximum absolute atomic E-state index is 12.5. The van der Waals surface area contributed by atoms with Gasteiger partial charge in [0.05, 0.1) is 25.7 Å². The first-order valence-corrected chi connectivity index (χ1v) is 6.81. The van der Waals surface area contributed by atoms with Crippen LogP contribution in [0.25, 0.3) is 0 Å². The molecule has 108 valence electrons. The van der Waals surface area contributed by atoms with Gasteiger partial charge in [0.25, 0.3) is 5.91 Å². The minimum atomic E-state index is -0.917. The zero-order valence-corrected chi connectivity index (χ0v) is 11.5. The van der Waals surface area contributed by atoms with Gasteiger partial charge in [-0.25, -0.2) is 0 Å². The second-order valence-corrected chi connectivity index (χ2v) is 4.88. The number of rotatable bonds is 4. The van der Waals surface area contributed by atoms with Crippen molar-refractivity contribution in [3.05, 3.63) is 35.4 Å². The molecule has 5 nitrogen and oxygen atoms in total. The lowest BCUT2D eigenvalue weighted by molar-refractivity contribution is -0.139. The lowest BCUT2D eigenvalue weighted by Crippen LogP contribution is -2.49. The summed E-state index contributed by atoms with van der Waals surface area (Å²) in [6.07, 6.45) is 0.840. The average molecular weight is 277 g/mol. The van der Waals surface area contributed by atoms with Crippen molar-refractivity contribution < 1.29 is 19.4 Å². The molecule has 1 aromatic carbocycles. The van der Waals surface area contributed by atoms with Crippen LogP contribution in [0, 0.1) is 0 Å². The third-order valence-corrected chi connectivity index (χ3v) is 3.51. The Morgan fingerprint density at radius 2 is 2.05 bits per heavy atom. The van der Waals surface area contributed by atoms with Crippen molar-refractivity contribution in [3.8, 4) is 0 Å². The van der Waals surface area contributed by atoms with E-state index < -0.39 is 5.97 Å². The molecule has 0 bridgehead atoms. The minimum absolute atomic E-state index is 0.0845. The summed E-state index contributed by atoms with van der Waals surface area (Å²) in [6, 6.07) is 7.07. The van der Waals surface area contributed by atoms with Gasteiger partial charge in [0.1, 0.15) is 0 Å². The van der Waals surface area contributed by atoms with Gasteiger partial charge >= 0.3 is 5.97 Å². The molecule has 1 aliphatic heterocycles. The van der Waals surface area contributed by atoms with E-state index in [4.69, 9.17) is 9.84 Å². The molecular formula is C15H19NO4. The molecule has 1 fully saturated rings. The molecule has 1 N–H and O–H groups in total. The fraction of sp³-hybridized carbons (Fsp3) is 0.467. The topological polar surface area (TPSA) is 66.8 Å². The van der Waals surface area contributed by atoms with Crippen molar-refractivity contribution in [2.24, 2.45) is 0 Å². The molecule has 0 saturated carbocycles. The Morgan fingerprint density at radius 3 is 2.65 bits per heavy atom. The van der Waals surface area contributed by atoms with Crippen LogP contribution in [-0.4, -0.2) is 47.7 Å². The summed E-state index contributed by atoms with van der Waals surface area (Å²) >= 11 is 0. The second kappa shape index (κ2) is 6.52. The Labute approximate surface area is 118 Å². The summed E-state index contributed by atoms with van der Waals surface area (Å²) < 4.78 is 5.28. The first-order valence-electron chi connectivity index (χ1n) is 6.81. The normalized spacial score (nSPS) is 18.9. The van der Waals surface area contributed by atoms with Gasteiger partial charge in [0.2, 0.25) is 0 Å². The fourth-order valence-electron chi connectivity index (χ4n) is 2.34. The van der Waals surface area contributed by atoms with Crippen LogP contribution in [0.2, 0.25) is 0 Å². The Balaban J connectivity index is 2.13. The van der Waals surface area contributed by atoms with Crippen LogP contribution in [0.5, 0.6) is 0 Å². The van der Waals surface area contributed by atoms with Crippen molar-refractivity contribution >= 4 is 11.9 Å². The number of hydrogen-bond donors (Lipinski definition) is 1. The summed E-state index contributed by atoms with van der Waals surface area (Å²) in [6.45, 7) is 3.23. The van der Waals surface area contributed by atoms with Gasteiger partial charge in [0.15, 0.2) is 0 Å². The first-order chi connectivity index (χ1) is 9.61. The molecule has 1 saturated heterocycles. The van der Waals surface area contributed by atoms with Crippen molar-refractivity contribution in [1.82, 2.24) is 4.90 Å². The standard InChI is InChI=1S/C15H19NO4/c1-2-11-3-5-12(6-4-11)15(19)16-7-8-20-10-13(16)9-14(17)18/h3-6,13H,2,7-10H2,1H3,(H,17,18). The van der Waals surface area contributed by atoms with Gasteiger partial charge in [-0.3, -0.25) is 9.59 Å². The molecule has 1 unspecified atom stereocenters. The Kier molecular flexibility index (Phi) is 4.74. The maximum atomic E-state index is 12.5. The Morgan fingerprint density at radius 1 is 1.35 bits per heavy atom. The molecule has 2 rings (SSSR count). The fourth-order valence-corrected chi connectivity index (χ4v) is 2.34. The van der Waals surface area contributed by atoms with Gasteiger partial charge in [-0.05, 0) is 24.1 Å². The highest BCUT2D eigenvalue weighted by Gasteiger charge is 2.29. The first kappa shape index (κ1) is 14.5. The number of ether oxygens (including phenoxy) is 1. The quantitative estimate of drug-likeness (QED) is 0.907. The summed E-state index contributed by atoms with van der Waals surface area (Å²) in [5.41, 5.74) is 1.77. The summed E-state index contributed by atoms with van der Waals surface area (Å²) in [5, 5.41) is 8.91. The number of carboxylic acid groups (broad SMARTS) is 1. The number of benzene rings is 1. The molecule has 0 spiro atoms. The number of amides is 1. The van der Waals surface area contributed by atoms with Gasteiger partial charge < -0.3 is 14.7 Å². The number of carbonyl (C=O) groups excluding carboxylic acids is 1. The van der Waals surface area contributed by atoms with Crippen LogP contribution >= 0.6 is 0 Å². The zero-order chi connectivity index (χ0) is 14.5. The molecule has 20 heavy (non-hydrogen) atoms. The van der Waals surface area contributed by atoms with Gasteiger partial charge in [-0.1, -0.05) is 19.1 Å². The number of hydrogen-bond acceptors (Lipinski definition) is 3. The van der Waals surface area contributed by atoms with Gasteiger partial charge in [-0.2, -0.15) is 0 Å². The van der Waals surface area contributed by atoms with Crippen LogP contribution in [0.15, 0.2) is 24.3 Å². The smallest absolute Gasteiger partial charge is 0.305 e. The number of morpholine rings is 1. The third-order valence-electron chi connectivity index (χ3n) is 3.51. The number of nitrogens with zero attached hydrogens (tertiary/aromatic N) is 1. The molecule has 1 heterocycles. The highest BCUT2D eigenvalue weighted by Crippen LogP contribution is 2.16. The molecule has 1 amide bonds. The summed E-state index contributed by atoms with van der Waals surface area (Å²) in [5.74, 6) is -1.04. The van der Waals surface area contributed by atoms with E-state index in [0.717, 1.165) is 6.42 Å². The predicted molar refractivity (Wildman–Crippen MR) is 73.7 cm³/mol. The van der Waals surface area contributed by atoms with E-state index in [9.17, 15) is 9.59 Å². The zero-order valence-electron chi connectivity index (χ0n) is 11.5. The van der Waals surface area contributed by atoms with Gasteiger partial charge in [0, 0.05) is 12.1 Å². The molecule has 0 radical (unpaired) electrons. The van der Waals surface area contributed by atoms with Crippen LogP contribution in [0.3, 0.4) is 0 Å². The van der Waals surface area contributed by atoms with Crippen LogP contribution in [0.1, 0.15) is 29.3 Å². The SMILES string of the molecule is CCc1ccc(C(=O)N2CCOCC2CC(=O)O)cc1. The van der Waals surface area contributed by atoms with Gasteiger partial charge in [-0.15, -0.1) is 0 Å². The molecule has 5 heteroatoms. The summed E-state index contributed by atoms with van der Waals surface area (Å²) in [4.78, 5) is 24.9. The van der Waals surface area contributed by atoms with Crippen LogP contribution < -0.4 is 0 Å². The number of aliphatic carboxylic acids is 1. The maximum Gasteiger partial charge on any atom is 0.305 e. The van der Waals surface area contributed by atoms with E-state index in [1.54, 1.807) is 17.0 Å². The van der Waals surface area contributed by atoms with E-state index >= 15 is 0 Å². The monoisotopic (exact) mass is 277 g/mol. The van der Waals surface area contributed by atoms with E-state index in [1.807, 2.05) is 12.1 Å². The van der Waals surface area contributed by atoms with Crippen LogP contribution in [-0.2, 0) is 16.0 Å². The minimum Gasteiger partial charge on any atom is -0.481 e. The van der Waals surface area contributed by atoms with Crippen molar-refractivity contribution in [3.63, 3.8) is 0 Å². The largest absolute Gasteiger partial charge is 0.481 e. The molecule has 1 aliphatic rings. The second-order valence-electron chi connectivity index (χ2n) is 4.88. The molecule has 1 aromatic rings. The third kappa shape index (κ3) is 3.36. The molecule has 1 atom stereocenters. The Bertz CT molecular complexity index is 483. The van der Waals surface area contributed by atoms with Crippen molar-refractivity contribution in [2.75, 3.05) is 19.8 Å². The number of carboxylic acids is 1. The molecule has 0 aromatic heterocycles. The highest BCUT2D eigenvalue weighted by molar-refractivity contribution is 5.94. The van der Waals surface area contributed by atoms with E-state index in [2.05, 4.69) is 6.92 Å². The van der Waals surface area contributed by atoms with E-state index in [0.29, 0.717) is 18.7 Å². The lowest BCUT2D eigenvalue weighted by atomic mass is 10.1.